The van der Waals surface area contributed by atoms with Crippen molar-refractivity contribution in [1.29, 1.82) is 0 Å². The van der Waals surface area contributed by atoms with E-state index in [9.17, 15) is 5.11 Å². The van der Waals surface area contributed by atoms with Crippen LogP contribution in [0.15, 0.2) is 12.1 Å². The molecular weight excluding hydrogens is 206 g/mol. The number of hydrogen-bond acceptors (Lipinski definition) is 3. The predicted octanol–water partition coefficient (Wildman–Crippen LogP) is 2.21. The first kappa shape index (κ1) is 11.0. The van der Waals surface area contributed by atoms with Gasteiger partial charge in [0.15, 0.2) is 0 Å². The molecular formula is C9H14ClNOS. The minimum atomic E-state index is -0.407. The third-order valence-electron chi connectivity index (χ3n) is 1.98. The SMILES string of the molecule is CC(CC(O)CN)c1ccc(Cl)s1. The second-order valence-electron chi connectivity index (χ2n) is 3.17. The van der Waals surface area contributed by atoms with Crippen molar-refractivity contribution in [2.24, 2.45) is 5.73 Å². The highest BCUT2D eigenvalue weighted by atomic mass is 35.5. The van der Waals surface area contributed by atoms with E-state index in [1.54, 1.807) is 11.3 Å². The minimum absolute atomic E-state index is 0.323. The fourth-order valence-corrected chi connectivity index (χ4v) is 2.34. The quantitative estimate of drug-likeness (QED) is 0.816. The van der Waals surface area contributed by atoms with Gasteiger partial charge in [-0.05, 0) is 24.5 Å². The summed E-state index contributed by atoms with van der Waals surface area (Å²) in [6.07, 6.45) is 0.295. The first-order chi connectivity index (χ1) is 6.13. The number of rotatable bonds is 4. The van der Waals surface area contributed by atoms with Crippen molar-refractivity contribution in [1.82, 2.24) is 0 Å². The Bertz CT molecular complexity index is 264. The molecule has 4 heteroatoms. The van der Waals surface area contributed by atoms with Gasteiger partial charge in [-0.15, -0.1) is 11.3 Å². The molecule has 13 heavy (non-hydrogen) atoms. The van der Waals surface area contributed by atoms with Crippen LogP contribution >= 0.6 is 22.9 Å². The highest BCUT2D eigenvalue weighted by Gasteiger charge is 2.12. The van der Waals surface area contributed by atoms with Crippen molar-refractivity contribution < 1.29 is 5.11 Å². The number of aliphatic hydroxyl groups is 1. The summed E-state index contributed by atoms with van der Waals surface area (Å²) in [7, 11) is 0. The molecule has 1 aromatic rings. The molecule has 0 aliphatic carbocycles. The molecule has 0 amide bonds. The van der Waals surface area contributed by atoms with E-state index in [4.69, 9.17) is 17.3 Å². The molecule has 0 saturated heterocycles. The number of halogens is 1. The Balaban J connectivity index is 2.53. The van der Waals surface area contributed by atoms with Crippen LogP contribution in [-0.2, 0) is 0 Å². The van der Waals surface area contributed by atoms with Crippen LogP contribution < -0.4 is 5.73 Å². The van der Waals surface area contributed by atoms with Crippen LogP contribution in [0.4, 0.5) is 0 Å². The van der Waals surface area contributed by atoms with Crippen molar-refractivity contribution in [2.75, 3.05) is 6.54 Å². The zero-order valence-corrected chi connectivity index (χ0v) is 9.11. The maximum atomic E-state index is 9.34. The molecule has 0 aromatic carbocycles. The Kier molecular flexibility index (Phi) is 4.19. The summed E-state index contributed by atoms with van der Waals surface area (Å²) in [5.74, 6) is 0.330. The van der Waals surface area contributed by atoms with E-state index in [1.165, 1.54) is 4.88 Å². The van der Waals surface area contributed by atoms with E-state index in [-0.39, 0.29) is 0 Å². The second kappa shape index (κ2) is 4.96. The van der Waals surface area contributed by atoms with Gasteiger partial charge in [-0.3, -0.25) is 0 Å². The fraction of sp³-hybridized carbons (Fsp3) is 0.556. The molecule has 0 fully saturated rings. The molecule has 0 spiro atoms. The van der Waals surface area contributed by atoms with Crippen molar-refractivity contribution in [2.45, 2.75) is 25.4 Å². The highest BCUT2D eigenvalue weighted by Crippen LogP contribution is 2.30. The third-order valence-corrected chi connectivity index (χ3v) is 3.44. The lowest BCUT2D eigenvalue weighted by Gasteiger charge is -2.12. The molecule has 74 valence electrons. The average Bonchev–Trinajstić information content (AvgIpc) is 2.51. The van der Waals surface area contributed by atoms with E-state index in [0.717, 1.165) is 4.34 Å². The third kappa shape index (κ3) is 3.27. The summed E-state index contributed by atoms with van der Waals surface area (Å²) < 4.78 is 0.795. The van der Waals surface area contributed by atoms with Gasteiger partial charge in [0.1, 0.15) is 0 Å². The molecule has 0 radical (unpaired) electrons. The summed E-state index contributed by atoms with van der Waals surface area (Å²) in [4.78, 5) is 1.21. The Morgan fingerprint density at radius 1 is 1.62 bits per heavy atom. The van der Waals surface area contributed by atoms with Crippen LogP contribution in [0, 0.1) is 0 Å². The van der Waals surface area contributed by atoms with E-state index in [1.807, 2.05) is 12.1 Å². The topological polar surface area (TPSA) is 46.2 Å². The number of nitrogens with two attached hydrogens (primary N) is 1. The fourth-order valence-electron chi connectivity index (χ4n) is 1.21. The lowest BCUT2D eigenvalue weighted by Crippen LogP contribution is -2.21. The van der Waals surface area contributed by atoms with Crippen LogP contribution in [0.25, 0.3) is 0 Å². The Hall–Kier alpha value is -0.0900. The Morgan fingerprint density at radius 3 is 2.77 bits per heavy atom. The predicted molar refractivity (Wildman–Crippen MR) is 57.4 cm³/mol. The van der Waals surface area contributed by atoms with Gasteiger partial charge in [0.2, 0.25) is 0 Å². The maximum Gasteiger partial charge on any atom is 0.0931 e. The molecule has 2 nitrogen and oxygen atoms in total. The lowest BCUT2D eigenvalue weighted by molar-refractivity contribution is 0.165. The molecule has 1 rings (SSSR count). The van der Waals surface area contributed by atoms with Gasteiger partial charge in [-0.1, -0.05) is 18.5 Å². The molecule has 2 unspecified atom stereocenters. The summed E-state index contributed by atoms with van der Waals surface area (Å²) in [5.41, 5.74) is 5.33. The normalized spacial score (nSPS) is 15.7. The molecule has 3 N–H and O–H groups in total. The monoisotopic (exact) mass is 219 g/mol. The van der Waals surface area contributed by atoms with Crippen molar-refractivity contribution >= 4 is 22.9 Å². The highest BCUT2D eigenvalue weighted by molar-refractivity contribution is 7.16. The number of aliphatic hydroxyl groups excluding tert-OH is 1. The summed E-state index contributed by atoms with van der Waals surface area (Å²) >= 11 is 7.37. The first-order valence-electron chi connectivity index (χ1n) is 4.27. The van der Waals surface area contributed by atoms with Crippen molar-refractivity contribution in [3.63, 3.8) is 0 Å². The molecule has 0 bridgehead atoms. The van der Waals surface area contributed by atoms with E-state index in [0.29, 0.717) is 18.9 Å². The lowest BCUT2D eigenvalue weighted by atomic mass is 10.0. The van der Waals surface area contributed by atoms with Crippen LogP contribution in [-0.4, -0.2) is 17.8 Å². The average molecular weight is 220 g/mol. The molecule has 0 aliphatic rings. The standard InChI is InChI=1S/C9H14ClNOS/c1-6(4-7(12)5-11)8-2-3-9(10)13-8/h2-3,6-7,12H,4-5,11H2,1H3. The zero-order chi connectivity index (χ0) is 9.84. The summed E-state index contributed by atoms with van der Waals surface area (Å²) in [6, 6.07) is 3.88. The Labute approximate surface area is 87.3 Å². The zero-order valence-electron chi connectivity index (χ0n) is 7.53. The number of hydrogen-bond donors (Lipinski definition) is 2. The molecule has 0 aliphatic heterocycles. The van der Waals surface area contributed by atoms with Crippen molar-refractivity contribution in [3.05, 3.63) is 21.3 Å². The summed E-state index contributed by atoms with van der Waals surface area (Å²) in [6.45, 7) is 2.39. The van der Waals surface area contributed by atoms with Gasteiger partial charge in [0.25, 0.3) is 0 Å². The smallest absolute Gasteiger partial charge is 0.0931 e. The van der Waals surface area contributed by atoms with Gasteiger partial charge < -0.3 is 10.8 Å². The van der Waals surface area contributed by atoms with Crippen LogP contribution in [0.2, 0.25) is 4.34 Å². The van der Waals surface area contributed by atoms with Gasteiger partial charge in [-0.25, -0.2) is 0 Å². The first-order valence-corrected chi connectivity index (χ1v) is 5.46. The van der Waals surface area contributed by atoms with Gasteiger partial charge in [0.05, 0.1) is 10.4 Å². The van der Waals surface area contributed by atoms with Gasteiger partial charge in [-0.2, -0.15) is 0 Å². The van der Waals surface area contributed by atoms with Gasteiger partial charge in [0, 0.05) is 11.4 Å². The second-order valence-corrected chi connectivity index (χ2v) is 4.91. The van der Waals surface area contributed by atoms with Crippen LogP contribution in [0.5, 0.6) is 0 Å². The molecule has 1 aromatic heterocycles. The Morgan fingerprint density at radius 2 is 2.31 bits per heavy atom. The van der Waals surface area contributed by atoms with Crippen LogP contribution in [0.1, 0.15) is 24.1 Å². The molecule has 1 heterocycles. The molecule has 2 atom stereocenters. The van der Waals surface area contributed by atoms with Crippen LogP contribution in [0.3, 0.4) is 0 Å². The summed E-state index contributed by atoms with van der Waals surface area (Å²) in [5, 5.41) is 9.34. The van der Waals surface area contributed by atoms with E-state index >= 15 is 0 Å². The van der Waals surface area contributed by atoms with E-state index in [2.05, 4.69) is 6.92 Å². The van der Waals surface area contributed by atoms with Gasteiger partial charge >= 0.3 is 0 Å². The van der Waals surface area contributed by atoms with Crippen molar-refractivity contribution in [3.8, 4) is 0 Å². The number of thiophene rings is 1. The largest absolute Gasteiger partial charge is 0.392 e. The van der Waals surface area contributed by atoms with E-state index < -0.39 is 6.10 Å². The minimum Gasteiger partial charge on any atom is -0.392 e. The maximum absolute atomic E-state index is 9.34. The molecule has 0 saturated carbocycles.